The summed E-state index contributed by atoms with van der Waals surface area (Å²) in [4.78, 5) is 0. The molecule has 1 aromatic carbocycles. The van der Waals surface area contributed by atoms with Crippen molar-refractivity contribution in [3.8, 4) is 0 Å². The number of aryl methyl sites for hydroxylation is 1. The molecule has 0 aliphatic rings. The number of hydrogen-bond donors (Lipinski definition) is 1. The van der Waals surface area contributed by atoms with Gasteiger partial charge in [0.15, 0.2) is 0 Å². The molecule has 1 N–H and O–H groups in total. The largest absolute Gasteiger partial charge is 0.278 e. The van der Waals surface area contributed by atoms with Crippen LogP contribution in [-0.2, 0) is 16.6 Å². The summed E-state index contributed by atoms with van der Waals surface area (Å²) in [5.74, 6) is -0.238. The molecule has 1 rings (SSSR count). The highest BCUT2D eigenvalue weighted by atomic mass is 32.2. The molecule has 0 amide bonds. The lowest BCUT2D eigenvalue weighted by atomic mass is 10.1. The maximum atomic E-state index is 12.7. The van der Waals surface area contributed by atoms with Crippen molar-refractivity contribution in [1.29, 1.82) is 0 Å². The first kappa shape index (κ1) is 15.1. The molecule has 0 spiro atoms. The summed E-state index contributed by atoms with van der Waals surface area (Å²) in [6.07, 6.45) is 2.44. The fourth-order valence-electron chi connectivity index (χ4n) is 1.44. The number of halogens is 1. The van der Waals surface area contributed by atoms with Gasteiger partial charge < -0.3 is 0 Å². The number of rotatable bonds is 7. The minimum Gasteiger partial charge on any atom is -0.207 e. The number of nitrogens with one attached hydrogen (secondary N) is 1. The van der Waals surface area contributed by atoms with Crippen molar-refractivity contribution in [2.45, 2.75) is 19.3 Å². The van der Waals surface area contributed by atoms with Crippen LogP contribution >= 0.6 is 0 Å². The number of benzene rings is 1. The predicted molar refractivity (Wildman–Crippen MR) is 69.9 cm³/mol. The molecule has 0 aromatic heterocycles. The third kappa shape index (κ3) is 5.12. The molecule has 6 heteroatoms. The van der Waals surface area contributed by atoms with E-state index in [-0.39, 0.29) is 5.82 Å². The third-order valence-electron chi connectivity index (χ3n) is 2.57. The Bertz CT molecular complexity index is 457. The molecule has 0 fully saturated rings. The Labute approximate surface area is 108 Å². The van der Waals surface area contributed by atoms with Crippen molar-refractivity contribution in [3.63, 3.8) is 0 Å². The van der Waals surface area contributed by atoms with Gasteiger partial charge >= 0.3 is 0 Å². The zero-order chi connectivity index (χ0) is 13.6. The van der Waals surface area contributed by atoms with Crippen LogP contribution in [0.3, 0.4) is 0 Å². The van der Waals surface area contributed by atoms with Crippen LogP contribution in [0.1, 0.15) is 18.4 Å². The van der Waals surface area contributed by atoms with E-state index in [9.17, 15) is 12.8 Å². The average Bonchev–Trinajstić information content (AvgIpc) is 2.31. The van der Waals surface area contributed by atoms with Gasteiger partial charge in [-0.25, -0.2) is 9.11 Å². The molecule has 0 unspecified atom stereocenters. The standard InChI is InChI=1S/C12H19FN2O2S/c1-15(2)18(16,17)14-10-4-3-5-11-6-8-12(13)9-7-11/h6-9,14H,3-5,10H2,1-2H3. The summed E-state index contributed by atoms with van der Waals surface area (Å²) < 4.78 is 39.0. The summed E-state index contributed by atoms with van der Waals surface area (Å²) in [5.41, 5.74) is 1.06. The Balaban J connectivity index is 2.22. The van der Waals surface area contributed by atoms with E-state index < -0.39 is 10.2 Å². The lowest BCUT2D eigenvalue weighted by Gasteiger charge is -2.11. The molecule has 18 heavy (non-hydrogen) atoms. The van der Waals surface area contributed by atoms with E-state index in [1.54, 1.807) is 12.1 Å². The highest BCUT2D eigenvalue weighted by Crippen LogP contribution is 2.06. The van der Waals surface area contributed by atoms with Crippen LogP contribution in [0.15, 0.2) is 24.3 Å². The van der Waals surface area contributed by atoms with E-state index in [2.05, 4.69) is 4.72 Å². The van der Waals surface area contributed by atoms with E-state index >= 15 is 0 Å². The smallest absolute Gasteiger partial charge is 0.207 e. The SMILES string of the molecule is CN(C)S(=O)(=O)NCCCCc1ccc(F)cc1. The highest BCUT2D eigenvalue weighted by Gasteiger charge is 2.10. The van der Waals surface area contributed by atoms with Crippen molar-refractivity contribution in [2.24, 2.45) is 0 Å². The minimum atomic E-state index is -3.32. The van der Waals surface area contributed by atoms with E-state index in [0.29, 0.717) is 6.54 Å². The summed E-state index contributed by atoms with van der Waals surface area (Å²) in [5, 5.41) is 0. The Hall–Kier alpha value is -0.980. The van der Waals surface area contributed by atoms with Crippen LogP contribution in [0, 0.1) is 5.82 Å². The van der Waals surface area contributed by atoms with Crippen molar-refractivity contribution in [3.05, 3.63) is 35.6 Å². The quantitative estimate of drug-likeness (QED) is 0.767. The van der Waals surface area contributed by atoms with Gasteiger partial charge in [-0.1, -0.05) is 12.1 Å². The number of hydrogen-bond acceptors (Lipinski definition) is 2. The predicted octanol–water partition coefficient (Wildman–Crippen LogP) is 1.54. The zero-order valence-corrected chi connectivity index (χ0v) is 11.5. The molecule has 0 aliphatic carbocycles. The average molecular weight is 274 g/mol. The minimum absolute atomic E-state index is 0.238. The third-order valence-corrected chi connectivity index (χ3v) is 4.10. The van der Waals surface area contributed by atoms with E-state index in [1.165, 1.54) is 26.2 Å². The van der Waals surface area contributed by atoms with Crippen LogP contribution in [0.5, 0.6) is 0 Å². The van der Waals surface area contributed by atoms with Gasteiger partial charge in [0.2, 0.25) is 0 Å². The van der Waals surface area contributed by atoms with E-state index in [1.807, 2.05) is 0 Å². The van der Waals surface area contributed by atoms with Gasteiger partial charge in [-0.2, -0.15) is 12.7 Å². The fourth-order valence-corrected chi connectivity index (χ4v) is 2.10. The van der Waals surface area contributed by atoms with Crippen LogP contribution in [-0.4, -0.2) is 33.4 Å². The second-order valence-corrected chi connectivity index (χ2v) is 6.23. The van der Waals surface area contributed by atoms with Crippen molar-refractivity contribution >= 4 is 10.2 Å². The van der Waals surface area contributed by atoms with Crippen LogP contribution < -0.4 is 4.72 Å². The van der Waals surface area contributed by atoms with Gasteiger partial charge in [0, 0.05) is 20.6 Å². The highest BCUT2D eigenvalue weighted by molar-refractivity contribution is 7.87. The Morgan fingerprint density at radius 1 is 1.17 bits per heavy atom. The summed E-state index contributed by atoms with van der Waals surface area (Å²) in [6, 6.07) is 6.37. The summed E-state index contributed by atoms with van der Waals surface area (Å²) in [6.45, 7) is 0.418. The van der Waals surface area contributed by atoms with Gasteiger partial charge in [-0.15, -0.1) is 0 Å². The zero-order valence-electron chi connectivity index (χ0n) is 10.7. The number of unbranched alkanes of at least 4 members (excludes halogenated alkanes) is 1. The van der Waals surface area contributed by atoms with Crippen molar-refractivity contribution in [1.82, 2.24) is 9.03 Å². The Morgan fingerprint density at radius 2 is 1.78 bits per heavy atom. The van der Waals surface area contributed by atoms with Crippen LogP contribution in [0.2, 0.25) is 0 Å². The first-order valence-electron chi connectivity index (χ1n) is 5.83. The molecular formula is C12H19FN2O2S. The van der Waals surface area contributed by atoms with Gasteiger partial charge in [0.05, 0.1) is 0 Å². The van der Waals surface area contributed by atoms with Crippen LogP contribution in [0.25, 0.3) is 0 Å². The lowest BCUT2D eigenvalue weighted by molar-refractivity contribution is 0.503. The molecule has 102 valence electrons. The summed E-state index contributed by atoms with van der Waals surface area (Å²) >= 11 is 0. The number of nitrogens with zero attached hydrogens (tertiary/aromatic N) is 1. The Morgan fingerprint density at radius 3 is 2.33 bits per heavy atom. The fraction of sp³-hybridized carbons (Fsp3) is 0.500. The molecule has 0 radical (unpaired) electrons. The van der Waals surface area contributed by atoms with Crippen molar-refractivity contribution in [2.75, 3.05) is 20.6 Å². The molecule has 1 aromatic rings. The topological polar surface area (TPSA) is 49.4 Å². The molecule has 0 heterocycles. The molecule has 0 bridgehead atoms. The normalized spacial score (nSPS) is 12.0. The van der Waals surface area contributed by atoms with E-state index in [0.717, 1.165) is 29.1 Å². The molecule has 0 saturated heterocycles. The first-order chi connectivity index (χ1) is 8.42. The molecule has 0 aliphatic heterocycles. The maximum Gasteiger partial charge on any atom is 0.278 e. The summed E-state index contributed by atoms with van der Waals surface area (Å²) in [7, 11) is -0.341. The van der Waals surface area contributed by atoms with Gasteiger partial charge in [0.1, 0.15) is 5.82 Å². The van der Waals surface area contributed by atoms with Crippen LogP contribution in [0.4, 0.5) is 4.39 Å². The van der Waals surface area contributed by atoms with Gasteiger partial charge in [0.25, 0.3) is 10.2 Å². The molecule has 0 atom stereocenters. The Kier molecular flexibility index (Phi) is 5.71. The first-order valence-corrected chi connectivity index (χ1v) is 7.27. The monoisotopic (exact) mass is 274 g/mol. The van der Waals surface area contributed by atoms with Gasteiger partial charge in [-0.05, 0) is 37.0 Å². The lowest BCUT2D eigenvalue weighted by Crippen LogP contribution is -2.36. The molecule has 4 nitrogen and oxygen atoms in total. The molecule has 0 saturated carbocycles. The van der Waals surface area contributed by atoms with Gasteiger partial charge in [-0.3, -0.25) is 0 Å². The second kappa shape index (κ2) is 6.82. The molecular weight excluding hydrogens is 255 g/mol. The second-order valence-electron chi connectivity index (χ2n) is 4.27. The van der Waals surface area contributed by atoms with E-state index in [4.69, 9.17) is 0 Å². The van der Waals surface area contributed by atoms with Crippen molar-refractivity contribution < 1.29 is 12.8 Å². The maximum absolute atomic E-state index is 12.7.